The molecule has 1 aliphatic rings. The molecular weight excluding hydrogens is 184 g/mol. The predicted molar refractivity (Wildman–Crippen MR) is 66.9 cm³/mol. The second-order valence-corrected chi connectivity index (χ2v) is 5.13. The maximum Gasteiger partial charge on any atom is 0.00671 e. The van der Waals surface area contributed by atoms with Crippen molar-refractivity contribution in [1.82, 2.24) is 5.32 Å². The summed E-state index contributed by atoms with van der Waals surface area (Å²) in [5.74, 6) is 0.789. The molecule has 1 aliphatic carbocycles. The van der Waals surface area contributed by atoms with Crippen molar-refractivity contribution in [1.29, 1.82) is 0 Å². The fourth-order valence-corrected chi connectivity index (χ4v) is 2.42. The maximum atomic E-state index is 5.52. The van der Waals surface area contributed by atoms with Crippen LogP contribution in [0.4, 0.5) is 0 Å². The molecule has 0 heterocycles. The lowest BCUT2D eigenvalue weighted by Gasteiger charge is -2.19. The molecule has 0 bridgehead atoms. The van der Waals surface area contributed by atoms with Crippen molar-refractivity contribution in [2.45, 2.75) is 64.3 Å². The monoisotopic (exact) mass is 212 g/mol. The summed E-state index contributed by atoms with van der Waals surface area (Å²) in [6.45, 7) is 4.36. The Bertz CT molecular complexity index is 139. The standard InChI is InChI=1S/C13H28N2/c1-12(7-6-10-14)11-15-13-8-4-2-3-5-9-13/h12-13,15H,2-11,14H2,1H3. The van der Waals surface area contributed by atoms with Crippen LogP contribution in [0.3, 0.4) is 0 Å². The molecule has 0 radical (unpaired) electrons. The summed E-state index contributed by atoms with van der Waals surface area (Å²) in [5.41, 5.74) is 5.52. The van der Waals surface area contributed by atoms with E-state index in [4.69, 9.17) is 5.73 Å². The molecule has 1 fully saturated rings. The molecule has 0 amide bonds. The molecule has 1 rings (SSSR count). The first-order valence-corrected chi connectivity index (χ1v) is 6.76. The lowest BCUT2D eigenvalue weighted by molar-refractivity contribution is 0.397. The minimum Gasteiger partial charge on any atom is -0.330 e. The molecule has 2 nitrogen and oxygen atoms in total. The first-order valence-electron chi connectivity index (χ1n) is 6.76. The molecule has 0 aromatic rings. The molecular formula is C13H28N2. The van der Waals surface area contributed by atoms with Crippen LogP contribution in [-0.2, 0) is 0 Å². The van der Waals surface area contributed by atoms with Crippen LogP contribution >= 0.6 is 0 Å². The van der Waals surface area contributed by atoms with Crippen molar-refractivity contribution in [3.63, 3.8) is 0 Å². The summed E-state index contributed by atoms with van der Waals surface area (Å²) in [6.07, 6.45) is 11.0. The lowest BCUT2D eigenvalue weighted by Crippen LogP contribution is -2.32. The highest BCUT2D eigenvalue weighted by atomic mass is 14.9. The molecule has 0 aromatic carbocycles. The molecule has 0 aliphatic heterocycles. The number of nitrogens with two attached hydrogens (primary N) is 1. The van der Waals surface area contributed by atoms with E-state index in [1.165, 1.54) is 57.9 Å². The Morgan fingerprint density at radius 2 is 1.87 bits per heavy atom. The molecule has 1 atom stereocenters. The van der Waals surface area contributed by atoms with Gasteiger partial charge >= 0.3 is 0 Å². The average molecular weight is 212 g/mol. The largest absolute Gasteiger partial charge is 0.330 e. The Morgan fingerprint density at radius 1 is 1.20 bits per heavy atom. The van der Waals surface area contributed by atoms with E-state index in [1.807, 2.05) is 0 Å². The van der Waals surface area contributed by atoms with Crippen LogP contribution in [0.2, 0.25) is 0 Å². The van der Waals surface area contributed by atoms with Gasteiger partial charge in [-0.1, -0.05) is 32.6 Å². The highest BCUT2D eigenvalue weighted by Gasteiger charge is 2.12. The Hall–Kier alpha value is -0.0800. The number of nitrogens with one attached hydrogen (secondary N) is 1. The number of hydrogen-bond acceptors (Lipinski definition) is 2. The van der Waals surface area contributed by atoms with Gasteiger partial charge in [-0.3, -0.25) is 0 Å². The van der Waals surface area contributed by atoms with Gasteiger partial charge in [0.15, 0.2) is 0 Å². The minimum absolute atomic E-state index is 0.789. The van der Waals surface area contributed by atoms with Crippen LogP contribution in [-0.4, -0.2) is 19.1 Å². The van der Waals surface area contributed by atoms with E-state index >= 15 is 0 Å². The summed E-state index contributed by atoms with van der Waals surface area (Å²) < 4.78 is 0. The average Bonchev–Trinajstić information content (AvgIpc) is 2.51. The van der Waals surface area contributed by atoms with Crippen molar-refractivity contribution in [2.75, 3.05) is 13.1 Å². The van der Waals surface area contributed by atoms with E-state index in [0.717, 1.165) is 18.5 Å². The molecule has 15 heavy (non-hydrogen) atoms. The van der Waals surface area contributed by atoms with E-state index < -0.39 is 0 Å². The first-order chi connectivity index (χ1) is 7.33. The van der Waals surface area contributed by atoms with Crippen molar-refractivity contribution in [3.8, 4) is 0 Å². The molecule has 3 N–H and O–H groups in total. The van der Waals surface area contributed by atoms with Crippen LogP contribution in [0.1, 0.15) is 58.3 Å². The topological polar surface area (TPSA) is 38.0 Å². The Labute approximate surface area is 95.0 Å². The van der Waals surface area contributed by atoms with Crippen molar-refractivity contribution in [3.05, 3.63) is 0 Å². The van der Waals surface area contributed by atoms with Gasteiger partial charge in [-0.15, -0.1) is 0 Å². The summed E-state index contributed by atoms with van der Waals surface area (Å²) in [6, 6.07) is 0.799. The summed E-state index contributed by atoms with van der Waals surface area (Å²) in [4.78, 5) is 0. The normalized spacial score (nSPS) is 21.2. The fourth-order valence-electron chi connectivity index (χ4n) is 2.42. The van der Waals surface area contributed by atoms with Gasteiger partial charge in [0.2, 0.25) is 0 Å². The van der Waals surface area contributed by atoms with E-state index in [1.54, 1.807) is 0 Å². The minimum atomic E-state index is 0.789. The number of rotatable bonds is 6. The van der Waals surface area contributed by atoms with Gasteiger partial charge in [-0.25, -0.2) is 0 Å². The second-order valence-electron chi connectivity index (χ2n) is 5.13. The van der Waals surface area contributed by atoms with Gasteiger partial charge in [0.25, 0.3) is 0 Å². The zero-order chi connectivity index (χ0) is 10.9. The molecule has 0 aromatic heterocycles. The highest BCUT2D eigenvalue weighted by Crippen LogP contribution is 2.17. The molecule has 1 unspecified atom stereocenters. The van der Waals surface area contributed by atoms with Crippen LogP contribution in [0.25, 0.3) is 0 Å². The Morgan fingerprint density at radius 3 is 2.47 bits per heavy atom. The zero-order valence-electron chi connectivity index (χ0n) is 10.3. The summed E-state index contributed by atoms with van der Waals surface area (Å²) in [7, 11) is 0. The lowest BCUT2D eigenvalue weighted by atomic mass is 10.0. The third kappa shape index (κ3) is 6.16. The summed E-state index contributed by atoms with van der Waals surface area (Å²) in [5, 5.41) is 3.73. The smallest absolute Gasteiger partial charge is 0.00671 e. The van der Waals surface area contributed by atoms with Gasteiger partial charge in [0.05, 0.1) is 0 Å². The maximum absolute atomic E-state index is 5.52. The van der Waals surface area contributed by atoms with Crippen LogP contribution in [0.15, 0.2) is 0 Å². The fraction of sp³-hybridized carbons (Fsp3) is 1.00. The molecule has 90 valence electrons. The molecule has 0 spiro atoms. The highest BCUT2D eigenvalue weighted by molar-refractivity contribution is 4.71. The second kappa shape index (κ2) is 8.12. The zero-order valence-corrected chi connectivity index (χ0v) is 10.3. The first kappa shape index (κ1) is 13.0. The quantitative estimate of drug-likeness (QED) is 0.664. The predicted octanol–water partition coefficient (Wildman–Crippen LogP) is 2.67. The number of hydrogen-bond donors (Lipinski definition) is 2. The molecule has 2 heteroatoms. The van der Waals surface area contributed by atoms with Crippen molar-refractivity contribution < 1.29 is 0 Å². The van der Waals surface area contributed by atoms with Gasteiger partial charge < -0.3 is 11.1 Å². The van der Waals surface area contributed by atoms with Crippen molar-refractivity contribution in [2.24, 2.45) is 11.7 Å². The SMILES string of the molecule is CC(CCCN)CNC1CCCCCC1. The Kier molecular flexibility index (Phi) is 7.03. The van der Waals surface area contributed by atoms with E-state index in [0.29, 0.717) is 0 Å². The third-order valence-corrected chi connectivity index (χ3v) is 3.51. The van der Waals surface area contributed by atoms with Crippen molar-refractivity contribution >= 4 is 0 Å². The van der Waals surface area contributed by atoms with Gasteiger partial charge in [0, 0.05) is 6.04 Å². The molecule has 1 saturated carbocycles. The van der Waals surface area contributed by atoms with E-state index in [9.17, 15) is 0 Å². The van der Waals surface area contributed by atoms with Gasteiger partial charge in [0.1, 0.15) is 0 Å². The van der Waals surface area contributed by atoms with E-state index in [-0.39, 0.29) is 0 Å². The van der Waals surface area contributed by atoms with E-state index in [2.05, 4.69) is 12.2 Å². The van der Waals surface area contributed by atoms with Crippen LogP contribution in [0.5, 0.6) is 0 Å². The van der Waals surface area contributed by atoms with Crippen LogP contribution in [0, 0.1) is 5.92 Å². The summed E-state index contributed by atoms with van der Waals surface area (Å²) >= 11 is 0. The van der Waals surface area contributed by atoms with Gasteiger partial charge in [-0.05, 0) is 44.7 Å². The van der Waals surface area contributed by atoms with Crippen LogP contribution < -0.4 is 11.1 Å². The Balaban J connectivity index is 2.06. The third-order valence-electron chi connectivity index (χ3n) is 3.51. The molecule has 0 saturated heterocycles. The van der Waals surface area contributed by atoms with Gasteiger partial charge in [-0.2, -0.15) is 0 Å².